The van der Waals surface area contributed by atoms with E-state index in [0.29, 0.717) is 11.5 Å². The van der Waals surface area contributed by atoms with Crippen molar-refractivity contribution < 1.29 is 41.3 Å². The summed E-state index contributed by atoms with van der Waals surface area (Å²) in [6.07, 6.45) is -7.11. The van der Waals surface area contributed by atoms with E-state index in [0.717, 1.165) is 15.3 Å². The lowest BCUT2D eigenvalue weighted by Gasteiger charge is -2.06. The first-order valence-electron chi connectivity index (χ1n) is 9.65. The maximum absolute atomic E-state index is 12.9. The number of nitrogens with one attached hydrogen (secondary N) is 1. The van der Waals surface area contributed by atoms with Gasteiger partial charge >= 0.3 is 17.8 Å². The van der Waals surface area contributed by atoms with E-state index in [-0.39, 0.29) is 37.7 Å². The Morgan fingerprint density at radius 2 is 1.89 bits per heavy atom. The Morgan fingerprint density at radius 3 is 2.51 bits per heavy atom. The van der Waals surface area contributed by atoms with Crippen LogP contribution in [0.3, 0.4) is 0 Å². The highest BCUT2D eigenvalue weighted by Crippen LogP contribution is 2.38. The van der Waals surface area contributed by atoms with E-state index in [4.69, 9.17) is 25.1 Å². The highest BCUT2D eigenvalue weighted by Gasteiger charge is 2.38. The zero-order chi connectivity index (χ0) is 25.8. The number of fused-ring (bicyclic) bond motifs is 1. The summed E-state index contributed by atoms with van der Waals surface area (Å²) in [6.45, 7) is 0.141. The minimum absolute atomic E-state index is 0.183. The van der Waals surface area contributed by atoms with Crippen molar-refractivity contribution in [3.63, 3.8) is 0 Å². The number of carboxylic acids is 1. The van der Waals surface area contributed by atoms with Crippen LogP contribution in [0.5, 0.6) is 11.5 Å². The average molecular weight is 520 g/mol. The van der Waals surface area contributed by atoms with E-state index in [2.05, 4.69) is 10.2 Å². The number of carbonyl (C=O) groups is 1. The predicted molar refractivity (Wildman–Crippen MR) is 114 cm³/mol. The van der Waals surface area contributed by atoms with Crippen molar-refractivity contribution in [1.82, 2.24) is 14.8 Å². The smallest absolute Gasteiger partial charge is 0.475 e. The van der Waals surface area contributed by atoms with Crippen LogP contribution >= 0.6 is 11.3 Å². The van der Waals surface area contributed by atoms with Crippen LogP contribution in [0.4, 0.5) is 22.0 Å². The van der Waals surface area contributed by atoms with Crippen molar-refractivity contribution in [3.8, 4) is 21.9 Å². The van der Waals surface area contributed by atoms with Crippen LogP contribution in [0, 0.1) is 0 Å². The van der Waals surface area contributed by atoms with Gasteiger partial charge in [-0.15, -0.1) is 11.3 Å². The number of aromatic nitrogens is 3. The largest absolute Gasteiger partial charge is 0.490 e. The van der Waals surface area contributed by atoms with Gasteiger partial charge in [0.25, 0.3) is 6.08 Å². The first kappa shape index (κ1) is 25.9. The molecular weight excluding hydrogens is 503 g/mol. The van der Waals surface area contributed by atoms with Crippen molar-refractivity contribution in [2.75, 3.05) is 13.3 Å². The van der Waals surface area contributed by atoms with E-state index in [9.17, 15) is 26.7 Å². The normalized spacial score (nSPS) is 12.2. The second-order valence-corrected chi connectivity index (χ2v) is 8.08. The van der Waals surface area contributed by atoms with Crippen molar-refractivity contribution in [1.29, 1.82) is 0 Å². The van der Waals surface area contributed by atoms with Gasteiger partial charge in [0.1, 0.15) is 5.82 Å². The van der Waals surface area contributed by atoms with E-state index in [1.165, 1.54) is 15.9 Å². The number of alkyl halides is 3. The molecule has 3 aromatic rings. The molecule has 35 heavy (non-hydrogen) atoms. The van der Waals surface area contributed by atoms with Crippen molar-refractivity contribution in [2.45, 2.75) is 19.1 Å². The number of aromatic amines is 1. The first-order chi connectivity index (χ1) is 16.5. The molecule has 9 nitrogen and oxygen atoms in total. The molecule has 0 radical (unpaired) electrons. The van der Waals surface area contributed by atoms with Gasteiger partial charge in [-0.2, -0.15) is 27.1 Å². The van der Waals surface area contributed by atoms with Crippen molar-refractivity contribution in [2.24, 2.45) is 5.73 Å². The van der Waals surface area contributed by atoms with Crippen molar-refractivity contribution in [3.05, 3.63) is 63.2 Å². The predicted octanol–water partition coefficient (Wildman–Crippen LogP) is 3.36. The summed E-state index contributed by atoms with van der Waals surface area (Å²) in [7, 11) is 0. The van der Waals surface area contributed by atoms with Crippen LogP contribution in [0.2, 0.25) is 0 Å². The Balaban J connectivity index is 0.000000429. The van der Waals surface area contributed by atoms with E-state index >= 15 is 0 Å². The second kappa shape index (κ2) is 10.7. The molecule has 0 atom stereocenters. The third kappa shape index (κ3) is 6.45. The molecule has 1 aromatic carbocycles. The van der Waals surface area contributed by atoms with Crippen LogP contribution in [0.25, 0.3) is 10.4 Å². The summed E-state index contributed by atoms with van der Waals surface area (Å²) < 4.78 is 69.6. The van der Waals surface area contributed by atoms with Gasteiger partial charge in [-0.1, -0.05) is 0 Å². The molecule has 4 rings (SSSR count). The van der Waals surface area contributed by atoms with Gasteiger partial charge in [-0.25, -0.2) is 14.7 Å². The lowest BCUT2D eigenvalue weighted by atomic mass is 10.1. The standard InChI is InChI=1S/C18H16F2N4O3S.C2HF3O2/c19-17(20)11(7-21)6-16-22-23-18(25)24(16)8-12-2-4-15(28-12)10-1-3-13-14(5-10)27-9-26-13;3-2(4,5)1(6)7/h1-5H,6-9,21H2,(H,23,25);(H,6,7). The Bertz CT molecular complexity index is 1290. The van der Waals surface area contributed by atoms with Crippen LogP contribution in [-0.2, 0) is 17.8 Å². The van der Waals surface area contributed by atoms with Gasteiger partial charge in [0.15, 0.2) is 11.5 Å². The molecule has 1 aliphatic rings. The molecule has 3 heterocycles. The van der Waals surface area contributed by atoms with Crippen molar-refractivity contribution >= 4 is 17.3 Å². The number of halogens is 5. The minimum atomic E-state index is -5.08. The Morgan fingerprint density at radius 1 is 1.20 bits per heavy atom. The summed E-state index contributed by atoms with van der Waals surface area (Å²) in [6, 6.07) is 9.51. The van der Waals surface area contributed by atoms with Crippen LogP contribution in [0.1, 0.15) is 10.7 Å². The van der Waals surface area contributed by atoms with Crippen LogP contribution in [0.15, 0.2) is 46.8 Å². The second-order valence-electron chi connectivity index (χ2n) is 6.91. The molecule has 0 amide bonds. The number of hydrogen-bond donors (Lipinski definition) is 3. The monoisotopic (exact) mass is 520 g/mol. The number of ether oxygens (including phenoxy) is 2. The molecule has 0 saturated carbocycles. The van der Waals surface area contributed by atoms with Gasteiger partial charge in [0, 0.05) is 28.3 Å². The molecule has 15 heteroatoms. The number of nitrogens with two attached hydrogens (primary N) is 1. The van der Waals surface area contributed by atoms with Gasteiger partial charge in [0.05, 0.1) is 6.54 Å². The Kier molecular flexibility index (Phi) is 7.91. The molecule has 2 aromatic heterocycles. The fourth-order valence-electron chi connectivity index (χ4n) is 2.88. The number of thiophene rings is 1. The summed E-state index contributed by atoms with van der Waals surface area (Å²) >= 11 is 1.50. The maximum Gasteiger partial charge on any atom is 0.490 e. The third-order valence-corrected chi connectivity index (χ3v) is 5.72. The van der Waals surface area contributed by atoms with Gasteiger partial charge in [-0.05, 0) is 35.9 Å². The fraction of sp³-hybridized carbons (Fsp3) is 0.250. The molecule has 0 bridgehead atoms. The maximum atomic E-state index is 12.9. The Hall–Kier alpha value is -3.72. The van der Waals surface area contributed by atoms with Gasteiger partial charge in [0.2, 0.25) is 6.79 Å². The molecule has 1 aliphatic heterocycles. The molecule has 0 fully saturated rings. The van der Waals surface area contributed by atoms with Crippen LogP contribution < -0.4 is 20.9 Å². The highest BCUT2D eigenvalue weighted by atomic mass is 32.1. The SMILES string of the molecule is NCC(Cc1n[nH]c(=O)n1Cc1ccc(-c2ccc3c(c2)OCO3)s1)=C(F)F.O=C(O)C(F)(F)F. The van der Waals surface area contributed by atoms with E-state index in [1.807, 2.05) is 30.3 Å². The number of nitrogens with zero attached hydrogens (tertiary/aromatic N) is 2. The summed E-state index contributed by atoms with van der Waals surface area (Å²) in [4.78, 5) is 22.8. The molecule has 4 N–H and O–H groups in total. The molecular formula is C20H17F5N4O5S. The molecule has 0 spiro atoms. The van der Waals surface area contributed by atoms with E-state index in [1.54, 1.807) is 0 Å². The molecule has 0 saturated heterocycles. The Labute approximate surface area is 197 Å². The zero-order valence-electron chi connectivity index (χ0n) is 17.6. The number of H-pyrrole nitrogens is 1. The quantitative estimate of drug-likeness (QED) is 0.425. The zero-order valence-corrected chi connectivity index (χ0v) is 18.4. The highest BCUT2D eigenvalue weighted by molar-refractivity contribution is 7.15. The molecule has 188 valence electrons. The van der Waals surface area contributed by atoms with Gasteiger partial charge in [-0.3, -0.25) is 4.57 Å². The number of carboxylic acid groups (broad SMARTS) is 1. The first-order valence-corrected chi connectivity index (χ1v) is 10.5. The molecule has 0 unspecified atom stereocenters. The third-order valence-electron chi connectivity index (χ3n) is 4.60. The average Bonchev–Trinajstić information content (AvgIpc) is 3.53. The summed E-state index contributed by atoms with van der Waals surface area (Å²) in [5, 5.41) is 13.3. The number of aliphatic carboxylic acids is 1. The summed E-state index contributed by atoms with van der Waals surface area (Å²) in [5.74, 6) is -1.14. The van der Waals surface area contributed by atoms with Gasteiger partial charge < -0.3 is 20.3 Å². The number of benzene rings is 1. The van der Waals surface area contributed by atoms with Crippen LogP contribution in [-0.4, -0.2) is 45.4 Å². The number of rotatable bonds is 6. The fourth-order valence-corrected chi connectivity index (χ4v) is 3.87. The molecule has 0 aliphatic carbocycles. The summed E-state index contributed by atoms with van der Waals surface area (Å²) in [5.41, 5.74) is 5.62. The van der Waals surface area contributed by atoms with E-state index < -0.39 is 23.9 Å². The topological polar surface area (TPSA) is 132 Å². The lowest BCUT2D eigenvalue weighted by molar-refractivity contribution is -0.192. The lowest BCUT2D eigenvalue weighted by Crippen LogP contribution is -2.21. The minimum Gasteiger partial charge on any atom is -0.475 e. The number of hydrogen-bond acceptors (Lipinski definition) is 7.